The predicted molar refractivity (Wildman–Crippen MR) is 47.3 cm³/mol. The number of rotatable bonds is 4. The highest BCUT2D eigenvalue weighted by molar-refractivity contribution is 5.88. The van der Waals surface area contributed by atoms with Crippen molar-refractivity contribution in [1.82, 2.24) is 5.32 Å². The Morgan fingerprint density at radius 3 is 2.55 bits per heavy atom. The van der Waals surface area contributed by atoms with E-state index in [0.29, 0.717) is 6.54 Å². The Hall–Kier alpha value is -0.790. The van der Waals surface area contributed by atoms with Crippen LogP contribution in [0.3, 0.4) is 0 Å². The van der Waals surface area contributed by atoms with Gasteiger partial charge in [-0.2, -0.15) is 0 Å². The lowest BCUT2D eigenvalue weighted by Crippen LogP contribution is -2.20. The molecule has 1 amide bonds. The molecule has 0 aromatic carbocycles. The Balaban J connectivity index is 3.76. The van der Waals surface area contributed by atoms with Crippen molar-refractivity contribution in [2.24, 2.45) is 0 Å². The molecule has 11 heavy (non-hydrogen) atoms. The highest BCUT2D eigenvalue weighted by Gasteiger charge is 1.93. The van der Waals surface area contributed by atoms with Crippen LogP contribution in [-0.4, -0.2) is 12.5 Å². The Bertz CT molecular complexity index is 150. The highest BCUT2D eigenvalue weighted by atomic mass is 16.1. The molecule has 0 aliphatic rings. The highest BCUT2D eigenvalue weighted by Crippen LogP contribution is 2.01. The van der Waals surface area contributed by atoms with Crippen molar-refractivity contribution in [3.05, 3.63) is 11.6 Å². The van der Waals surface area contributed by atoms with E-state index >= 15 is 0 Å². The second-order valence-electron chi connectivity index (χ2n) is 2.64. The predicted octanol–water partition coefficient (Wildman–Crippen LogP) is 1.87. The summed E-state index contributed by atoms with van der Waals surface area (Å²) in [6, 6.07) is 0. The summed E-state index contributed by atoms with van der Waals surface area (Å²) in [6.07, 6.45) is 3.78. The Labute approximate surface area is 68.7 Å². The quantitative estimate of drug-likeness (QED) is 0.617. The van der Waals surface area contributed by atoms with Crippen LogP contribution in [0.4, 0.5) is 0 Å². The van der Waals surface area contributed by atoms with Gasteiger partial charge in [0.25, 0.3) is 0 Å². The first-order valence-corrected chi connectivity index (χ1v) is 4.15. The van der Waals surface area contributed by atoms with Crippen LogP contribution in [-0.2, 0) is 4.79 Å². The van der Waals surface area contributed by atoms with E-state index in [1.54, 1.807) is 6.08 Å². The molecular weight excluding hydrogens is 138 g/mol. The molecule has 0 unspecified atom stereocenters. The van der Waals surface area contributed by atoms with Gasteiger partial charge in [-0.05, 0) is 20.3 Å². The van der Waals surface area contributed by atoms with Gasteiger partial charge < -0.3 is 5.32 Å². The van der Waals surface area contributed by atoms with E-state index in [1.807, 2.05) is 13.8 Å². The van der Waals surface area contributed by atoms with Crippen LogP contribution in [0.1, 0.15) is 33.6 Å². The van der Waals surface area contributed by atoms with E-state index in [2.05, 4.69) is 12.2 Å². The molecule has 0 heterocycles. The molecule has 0 spiro atoms. The first-order chi connectivity index (χ1) is 5.20. The van der Waals surface area contributed by atoms with Gasteiger partial charge >= 0.3 is 0 Å². The van der Waals surface area contributed by atoms with Gasteiger partial charge in [-0.25, -0.2) is 0 Å². The largest absolute Gasteiger partial charge is 0.353 e. The maximum atomic E-state index is 10.9. The lowest BCUT2D eigenvalue weighted by Gasteiger charge is -1.98. The van der Waals surface area contributed by atoms with Crippen LogP contribution in [0.15, 0.2) is 11.6 Å². The molecule has 0 bridgehead atoms. The number of nitrogens with one attached hydrogen (secondary N) is 1. The number of carbonyl (C=O) groups excluding carboxylic acids is 1. The van der Waals surface area contributed by atoms with Crippen LogP contribution < -0.4 is 5.32 Å². The summed E-state index contributed by atoms with van der Waals surface area (Å²) in [5.74, 6) is 0.0263. The first kappa shape index (κ1) is 10.2. The van der Waals surface area contributed by atoms with Crippen molar-refractivity contribution in [3.63, 3.8) is 0 Å². The molecule has 0 fully saturated rings. The van der Waals surface area contributed by atoms with Crippen molar-refractivity contribution in [1.29, 1.82) is 0 Å². The molecule has 2 nitrogen and oxygen atoms in total. The number of hydrogen-bond donors (Lipinski definition) is 1. The van der Waals surface area contributed by atoms with Crippen molar-refractivity contribution in [2.45, 2.75) is 33.6 Å². The fourth-order valence-electron chi connectivity index (χ4n) is 0.916. The van der Waals surface area contributed by atoms with E-state index in [1.165, 1.54) is 0 Å². The summed E-state index contributed by atoms with van der Waals surface area (Å²) in [7, 11) is 0. The second kappa shape index (κ2) is 5.96. The van der Waals surface area contributed by atoms with Crippen molar-refractivity contribution >= 4 is 5.91 Å². The minimum Gasteiger partial charge on any atom is -0.353 e. The molecular formula is C9H17NO. The van der Waals surface area contributed by atoms with Gasteiger partial charge in [-0.1, -0.05) is 18.9 Å². The van der Waals surface area contributed by atoms with Crippen LogP contribution in [0.5, 0.6) is 0 Å². The third-order valence-electron chi connectivity index (χ3n) is 1.37. The van der Waals surface area contributed by atoms with E-state index in [0.717, 1.165) is 18.4 Å². The summed E-state index contributed by atoms with van der Waals surface area (Å²) >= 11 is 0. The lowest BCUT2D eigenvalue weighted by atomic mass is 10.1. The Kier molecular flexibility index (Phi) is 5.53. The average Bonchev–Trinajstić information content (AvgIpc) is 1.87. The molecule has 2 heteroatoms. The molecule has 0 rings (SSSR count). The van der Waals surface area contributed by atoms with Gasteiger partial charge in [0.2, 0.25) is 5.91 Å². The molecule has 0 saturated carbocycles. The second-order valence-corrected chi connectivity index (χ2v) is 2.64. The summed E-state index contributed by atoms with van der Waals surface area (Å²) < 4.78 is 0. The zero-order valence-electron chi connectivity index (χ0n) is 7.61. The standard InChI is InChI=1S/C9H17NO/c1-4-6-8(3)7-9(11)10-5-2/h7H,4-6H2,1-3H3,(H,10,11). The molecule has 0 aliphatic heterocycles. The van der Waals surface area contributed by atoms with Crippen molar-refractivity contribution in [3.8, 4) is 0 Å². The maximum absolute atomic E-state index is 10.9. The molecule has 0 aliphatic carbocycles. The van der Waals surface area contributed by atoms with E-state index < -0.39 is 0 Å². The Morgan fingerprint density at radius 1 is 1.45 bits per heavy atom. The number of carbonyl (C=O) groups is 1. The summed E-state index contributed by atoms with van der Waals surface area (Å²) in [4.78, 5) is 10.9. The van der Waals surface area contributed by atoms with E-state index in [4.69, 9.17) is 0 Å². The summed E-state index contributed by atoms with van der Waals surface area (Å²) in [5, 5.41) is 2.72. The summed E-state index contributed by atoms with van der Waals surface area (Å²) in [5.41, 5.74) is 1.15. The van der Waals surface area contributed by atoms with Gasteiger partial charge in [0.05, 0.1) is 0 Å². The lowest BCUT2D eigenvalue weighted by molar-refractivity contribution is -0.116. The molecule has 0 atom stereocenters. The third-order valence-corrected chi connectivity index (χ3v) is 1.37. The fraction of sp³-hybridized carbons (Fsp3) is 0.667. The SMILES string of the molecule is CCCC(C)=CC(=O)NCC. The number of likely N-dealkylation sites (N-methyl/N-ethyl adjacent to an activating group) is 1. The first-order valence-electron chi connectivity index (χ1n) is 4.15. The topological polar surface area (TPSA) is 29.1 Å². The number of amides is 1. The zero-order chi connectivity index (χ0) is 8.69. The molecule has 0 aromatic rings. The van der Waals surface area contributed by atoms with Crippen LogP contribution in [0, 0.1) is 0 Å². The van der Waals surface area contributed by atoms with Crippen LogP contribution in [0.2, 0.25) is 0 Å². The Morgan fingerprint density at radius 2 is 2.09 bits per heavy atom. The van der Waals surface area contributed by atoms with Gasteiger partial charge in [-0.15, -0.1) is 0 Å². The number of allylic oxidation sites excluding steroid dienone is 1. The molecule has 0 radical (unpaired) electrons. The summed E-state index contributed by atoms with van der Waals surface area (Å²) in [6.45, 7) is 6.71. The van der Waals surface area contributed by atoms with Gasteiger partial charge in [0, 0.05) is 12.6 Å². The minimum absolute atomic E-state index is 0.0263. The number of hydrogen-bond acceptors (Lipinski definition) is 1. The third kappa shape index (κ3) is 5.64. The van der Waals surface area contributed by atoms with Gasteiger partial charge in [-0.3, -0.25) is 4.79 Å². The van der Waals surface area contributed by atoms with E-state index in [9.17, 15) is 4.79 Å². The minimum atomic E-state index is 0.0263. The molecule has 0 saturated heterocycles. The smallest absolute Gasteiger partial charge is 0.243 e. The van der Waals surface area contributed by atoms with Gasteiger partial charge in [0.15, 0.2) is 0 Å². The average molecular weight is 155 g/mol. The maximum Gasteiger partial charge on any atom is 0.243 e. The molecule has 1 N–H and O–H groups in total. The van der Waals surface area contributed by atoms with Crippen LogP contribution in [0.25, 0.3) is 0 Å². The van der Waals surface area contributed by atoms with E-state index in [-0.39, 0.29) is 5.91 Å². The molecule has 64 valence electrons. The molecule has 0 aromatic heterocycles. The zero-order valence-corrected chi connectivity index (χ0v) is 7.61. The fourth-order valence-corrected chi connectivity index (χ4v) is 0.916. The van der Waals surface area contributed by atoms with Crippen molar-refractivity contribution in [2.75, 3.05) is 6.54 Å². The van der Waals surface area contributed by atoms with Gasteiger partial charge in [0.1, 0.15) is 0 Å². The van der Waals surface area contributed by atoms with Crippen LogP contribution >= 0.6 is 0 Å². The van der Waals surface area contributed by atoms with Crippen molar-refractivity contribution < 1.29 is 4.79 Å². The normalized spacial score (nSPS) is 11.4. The monoisotopic (exact) mass is 155 g/mol.